The van der Waals surface area contributed by atoms with Gasteiger partial charge in [0.2, 0.25) is 5.91 Å². The van der Waals surface area contributed by atoms with E-state index in [1.807, 2.05) is 4.90 Å². The summed E-state index contributed by atoms with van der Waals surface area (Å²) in [6, 6.07) is 5.56. The molecule has 0 radical (unpaired) electrons. The summed E-state index contributed by atoms with van der Waals surface area (Å²) in [6.45, 7) is 4.90. The zero-order chi connectivity index (χ0) is 18.4. The summed E-state index contributed by atoms with van der Waals surface area (Å²) in [5.41, 5.74) is 5.89. The SMILES string of the molecule is COc1cc(/C=C/C(=O)N2CCCC2C(C)C)ccc1OCC(N)=O. The monoisotopic (exact) mass is 346 g/mol. The lowest BCUT2D eigenvalue weighted by Gasteiger charge is -2.26. The molecule has 1 fully saturated rings. The summed E-state index contributed by atoms with van der Waals surface area (Å²) < 4.78 is 10.6. The van der Waals surface area contributed by atoms with Gasteiger partial charge in [-0.1, -0.05) is 19.9 Å². The zero-order valence-corrected chi connectivity index (χ0v) is 15.0. The summed E-state index contributed by atoms with van der Waals surface area (Å²) >= 11 is 0. The first-order valence-corrected chi connectivity index (χ1v) is 8.50. The number of carbonyl (C=O) groups excluding carboxylic acids is 2. The Morgan fingerprint density at radius 2 is 2.12 bits per heavy atom. The quantitative estimate of drug-likeness (QED) is 0.768. The largest absolute Gasteiger partial charge is 0.493 e. The summed E-state index contributed by atoms with van der Waals surface area (Å²) in [6.07, 6.45) is 5.48. The summed E-state index contributed by atoms with van der Waals surface area (Å²) in [4.78, 5) is 25.2. The van der Waals surface area contributed by atoms with Crippen LogP contribution in [0.5, 0.6) is 11.5 Å². The number of ether oxygens (including phenoxy) is 2. The van der Waals surface area contributed by atoms with Gasteiger partial charge in [0.15, 0.2) is 18.1 Å². The summed E-state index contributed by atoms with van der Waals surface area (Å²) in [5.74, 6) is 0.856. The molecule has 0 spiro atoms. The molecule has 0 bridgehead atoms. The molecule has 2 N–H and O–H groups in total. The highest BCUT2D eigenvalue weighted by molar-refractivity contribution is 5.92. The molecule has 1 heterocycles. The number of hydrogen-bond donors (Lipinski definition) is 1. The standard InChI is InChI=1S/C19H26N2O4/c1-13(2)15-5-4-10-21(15)19(23)9-7-14-6-8-16(17(11-14)24-3)25-12-18(20)22/h6-9,11,13,15H,4-5,10,12H2,1-3H3,(H2,20,22)/b9-7+. The maximum absolute atomic E-state index is 12.5. The van der Waals surface area contributed by atoms with Crippen molar-refractivity contribution in [3.8, 4) is 11.5 Å². The molecule has 1 saturated heterocycles. The molecule has 1 aromatic rings. The molecule has 1 atom stereocenters. The van der Waals surface area contributed by atoms with E-state index < -0.39 is 5.91 Å². The first-order chi connectivity index (χ1) is 11.9. The first-order valence-electron chi connectivity index (χ1n) is 8.50. The fourth-order valence-corrected chi connectivity index (χ4v) is 3.08. The van der Waals surface area contributed by atoms with Gasteiger partial charge >= 0.3 is 0 Å². The number of amides is 2. The number of primary amides is 1. The van der Waals surface area contributed by atoms with Crippen molar-refractivity contribution in [1.82, 2.24) is 4.90 Å². The fourth-order valence-electron chi connectivity index (χ4n) is 3.08. The van der Waals surface area contributed by atoms with Gasteiger partial charge in [0.25, 0.3) is 5.91 Å². The highest BCUT2D eigenvalue weighted by Gasteiger charge is 2.29. The fraction of sp³-hybridized carbons (Fsp3) is 0.474. The van der Waals surface area contributed by atoms with Gasteiger partial charge in [0, 0.05) is 18.7 Å². The van der Waals surface area contributed by atoms with Gasteiger partial charge in [-0.15, -0.1) is 0 Å². The van der Waals surface area contributed by atoms with Crippen molar-refractivity contribution < 1.29 is 19.1 Å². The van der Waals surface area contributed by atoms with E-state index in [0.717, 1.165) is 24.9 Å². The van der Waals surface area contributed by atoms with Crippen LogP contribution in [-0.4, -0.2) is 43.0 Å². The molecule has 1 aliphatic rings. The van der Waals surface area contributed by atoms with Crippen molar-refractivity contribution in [3.05, 3.63) is 29.8 Å². The number of nitrogens with two attached hydrogens (primary N) is 1. The van der Waals surface area contributed by atoms with Crippen molar-refractivity contribution >= 4 is 17.9 Å². The third-order valence-electron chi connectivity index (χ3n) is 4.33. The normalized spacial score (nSPS) is 17.3. The number of rotatable bonds is 7. The molecule has 2 rings (SSSR count). The molecule has 0 aliphatic carbocycles. The Bertz CT molecular complexity index is 655. The highest BCUT2D eigenvalue weighted by Crippen LogP contribution is 2.29. The number of nitrogens with zero attached hydrogens (tertiary/aromatic N) is 1. The molecule has 0 aromatic heterocycles. The van der Waals surface area contributed by atoms with Crippen LogP contribution in [0.4, 0.5) is 0 Å². The average molecular weight is 346 g/mol. The summed E-state index contributed by atoms with van der Waals surface area (Å²) in [5, 5.41) is 0. The topological polar surface area (TPSA) is 81.9 Å². The maximum atomic E-state index is 12.5. The maximum Gasteiger partial charge on any atom is 0.255 e. The van der Waals surface area contributed by atoms with Crippen molar-refractivity contribution in [1.29, 1.82) is 0 Å². The number of benzene rings is 1. The van der Waals surface area contributed by atoms with Crippen LogP contribution in [-0.2, 0) is 9.59 Å². The second-order valence-electron chi connectivity index (χ2n) is 6.48. The van der Waals surface area contributed by atoms with Gasteiger partial charge in [-0.3, -0.25) is 9.59 Å². The van der Waals surface area contributed by atoms with E-state index in [4.69, 9.17) is 15.2 Å². The second kappa shape index (κ2) is 8.55. The number of methoxy groups -OCH3 is 1. The molecule has 6 heteroatoms. The lowest BCUT2D eigenvalue weighted by molar-refractivity contribution is -0.127. The Kier molecular flexibility index (Phi) is 6.44. The number of hydrogen-bond acceptors (Lipinski definition) is 4. The lowest BCUT2D eigenvalue weighted by atomic mass is 10.0. The minimum atomic E-state index is -0.554. The van der Waals surface area contributed by atoms with Crippen molar-refractivity contribution in [2.24, 2.45) is 11.7 Å². The van der Waals surface area contributed by atoms with Crippen LogP contribution in [0.15, 0.2) is 24.3 Å². The van der Waals surface area contributed by atoms with Crippen LogP contribution in [0.2, 0.25) is 0 Å². The van der Waals surface area contributed by atoms with Gasteiger partial charge < -0.3 is 20.1 Å². The predicted molar refractivity (Wildman–Crippen MR) is 96.3 cm³/mol. The third-order valence-corrected chi connectivity index (χ3v) is 4.33. The molecule has 136 valence electrons. The van der Waals surface area contributed by atoms with Crippen molar-refractivity contribution in [3.63, 3.8) is 0 Å². The van der Waals surface area contributed by atoms with E-state index in [1.54, 1.807) is 30.4 Å². The van der Waals surface area contributed by atoms with E-state index >= 15 is 0 Å². The minimum absolute atomic E-state index is 0.0317. The van der Waals surface area contributed by atoms with E-state index in [-0.39, 0.29) is 12.5 Å². The zero-order valence-electron chi connectivity index (χ0n) is 15.0. The van der Waals surface area contributed by atoms with Crippen LogP contribution in [0.25, 0.3) is 6.08 Å². The molecule has 6 nitrogen and oxygen atoms in total. The Labute approximate surface area is 148 Å². The Morgan fingerprint density at radius 3 is 2.76 bits per heavy atom. The van der Waals surface area contributed by atoms with E-state index in [2.05, 4.69) is 13.8 Å². The van der Waals surface area contributed by atoms with Gasteiger partial charge in [0.05, 0.1) is 7.11 Å². The van der Waals surface area contributed by atoms with Crippen molar-refractivity contribution in [2.45, 2.75) is 32.7 Å². The van der Waals surface area contributed by atoms with Crippen LogP contribution < -0.4 is 15.2 Å². The van der Waals surface area contributed by atoms with Gasteiger partial charge in [-0.05, 0) is 42.5 Å². The van der Waals surface area contributed by atoms with Crippen LogP contribution in [0.1, 0.15) is 32.3 Å². The first kappa shape index (κ1) is 18.8. The minimum Gasteiger partial charge on any atom is -0.493 e. The Morgan fingerprint density at radius 1 is 1.36 bits per heavy atom. The lowest BCUT2D eigenvalue weighted by Crippen LogP contribution is -2.37. The number of carbonyl (C=O) groups is 2. The highest BCUT2D eigenvalue weighted by atomic mass is 16.5. The summed E-state index contributed by atoms with van der Waals surface area (Å²) in [7, 11) is 1.52. The van der Waals surface area contributed by atoms with Gasteiger partial charge in [-0.2, -0.15) is 0 Å². The molecule has 1 aliphatic heterocycles. The Balaban J connectivity index is 2.07. The second-order valence-corrected chi connectivity index (χ2v) is 6.48. The van der Waals surface area contributed by atoms with Gasteiger partial charge in [-0.25, -0.2) is 0 Å². The Hall–Kier alpha value is -2.50. The predicted octanol–water partition coefficient (Wildman–Crippen LogP) is 2.22. The molecular weight excluding hydrogens is 320 g/mol. The molecule has 0 saturated carbocycles. The smallest absolute Gasteiger partial charge is 0.255 e. The molecule has 25 heavy (non-hydrogen) atoms. The van der Waals surface area contributed by atoms with E-state index in [9.17, 15) is 9.59 Å². The van der Waals surface area contributed by atoms with E-state index in [1.165, 1.54) is 7.11 Å². The molecule has 1 unspecified atom stereocenters. The molecule has 1 aromatic carbocycles. The third kappa shape index (κ3) is 4.98. The number of likely N-dealkylation sites (tertiary alicyclic amines) is 1. The van der Waals surface area contributed by atoms with Gasteiger partial charge in [0.1, 0.15) is 0 Å². The molecule has 2 amide bonds. The average Bonchev–Trinajstić information content (AvgIpc) is 3.08. The molecular formula is C19H26N2O4. The van der Waals surface area contributed by atoms with Crippen LogP contribution in [0.3, 0.4) is 0 Å². The van der Waals surface area contributed by atoms with Crippen LogP contribution >= 0.6 is 0 Å². The van der Waals surface area contributed by atoms with E-state index in [0.29, 0.717) is 23.5 Å². The van der Waals surface area contributed by atoms with Crippen LogP contribution in [0, 0.1) is 5.92 Å². The van der Waals surface area contributed by atoms with Crippen molar-refractivity contribution in [2.75, 3.05) is 20.3 Å².